The minimum Gasteiger partial charge on any atom is -0.488 e. The lowest BCUT2D eigenvalue weighted by molar-refractivity contribution is -0.139. The fourth-order valence-electron chi connectivity index (χ4n) is 3.54. The van der Waals surface area contributed by atoms with Crippen LogP contribution in [-0.4, -0.2) is 60.2 Å². The van der Waals surface area contributed by atoms with Gasteiger partial charge in [-0.15, -0.1) is 0 Å². The molecule has 0 aliphatic carbocycles. The second-order valence-corrected chi connectivity index (χ2v) is 6.49. The summed E-state index contributed by atoms with van der Waals surface area (Å²) in [5, 5.41) is 9.43. The monoisotopic (exact) mass is 347 g/mol. The van der Waals surface area contributed by atoms with Crippen LogP contribution in [0.5, 0.6) is 5.75 Å². The number of hydrogen-bond acceptors (Lipinski definition) is 5. The lowest BCUT2D eigenvalue weighted by Crippen LogP contribution is -2.45. The summed E-state index contributed by atoms with van der Waals surface area (Å²) in [6.45, 7) is 2.76. The first-order chi connectivity index (χ1) is 12.0. The van der Waals surface area contributed by atoms with Gasteiger partial charge < -0.3 is 19.6 Å². The fourth-order valence-corrected chi connectivity index (χ4v) is 3.54. The van der Waals surface area contributed by atoms with E-state index >= 15 is 0 Å². The number of pyridine rings is 2. The number of aliphatic carboxylic acids is 1. The van der Waals surface area contributed by atoms with Crippen molar-refractivity contribution in [2.75, 3.05) is 44.7 Å². The van der Waals surface area contributed by atoms with Crippen molar-refractivity contribution in [2.45, 2.75) is 5.92 Å². The number of nitrogens with zero attached hydrogens (tertiary/aromatic N) is 3. The van der Waals surface area contributed by atoms with Crippen molar-refractivity contribution in [2.24, 2.45) is 0 Å². The van der Waals surface area contributed by atoms with Crippen molar-refractivity contribution in [1.82, 2.24) is 9.30 Å². The van der Waals surface area contributed by atoms with Crippen LogP contribution in [0.4, 0.5) is 10.1 Å². The Bertz CT molecular complexity index is 918. The Morgan fingerprint density at radius 3 is 2.68 bits per heavy atom. The van der Waals surface area contributed by atoms with Crippen molar-refractivity contribution in [1.29, 1.82) is 0 Å². The van der Waals surface area contributed by atoms with E-state index in [9.17, 15) is 19.1 Å². The highest BCUT2D eigenvalue weighted by molar-refractivity contribution is 5.86. The standard InChI is InChI=1S/C17H18FN3O4/c1-19-4-6-20(7-5-19)15-12(18)8-21-13(22)3-2-10-11(17(23)24)9-25-16(15)14(10)21/h2-3,8,11H,4-7,9H2,1H3,(H,23,24). The summed E-state index contributed by atoms with van der Waals surface area (Å²) in [6, 6.07) is 2.77. The van der Waals surface area contributed by atoms with Crippen LogP contribution < -0.4 is 15.2 Å². The maximum absolute atomic E-state index is 14.8. The number of hydrogen-bond donors (Lipinski definition) is 1. The summed E-state index contributed by atoms with van der Waals surface area (Å²) in [7, 11) is 2.00. The van der Waals surface area contributed by atoms with E-state index in [1.807, 2.05) is 11.9 Å². The summed E-state index contributed by atoms with van der Waals surface area (Å²) >= 11 is 0. The number of halogens is 1. The first kappa shape index (κ1) is 15.9. The van der Waals surface area contributed by atoms with Gasteiger partial charge in [-0.25, -0.2) is 4.39 Å². The number of carbonyl (C=O) groups is 1. The molecule has 0 bridgehead atoms. The number of piperazine rings is 1. The molecule has 1 unspecified atom stereocenters. The molecule has 2 aliphatic heterocycles. The van der Waals surface area contributed by atoms with Crippen molar-refractivity contribution in [3.8, 4) is 5.75 Å². The van der Waals surface area contributed by atoms with Gasteiger partial charge in [0.05, 0.1) is 11.7 Å². The number of ether oxygens (including phenoxy) is 1. The van der Waals surface area contributed by atoms with Gasteiger partial charge in [0.25, 0.3) is 5.56 Å². The van der Waals surface area contributed by atoms with E-state index in [-0.39, 0.29) is 12.4 Å². The molecule has 8 heteroatoms. The Morgan fingerprint density at radius 1 is 1.28 bits per heavy atom. The van der Waals surface area contributed by atoms with Crippen LogP contribution in [0.15, 0.2) is 23.1 Å². The minimum atomic E-state index is -1.03. The van der Waals surface area contributed by atoms with Crippen molar-refractivity contribution < 1.29 is 19.0 Å². The van der Waals surface area contributed by atoms with Crippen LogP contribution >= 0.6 is 0 Å². The number of rotatable bonds is 2. The summed E-state index contributed by atoms with van der Waals surface area (Å²) in [4.78, 5) is 27.7. The van der Waals surface area contributed by atoms with Crippen molar-refractivity contribution >= 4 is 17.2 Å². The first-order valence-corrected chi connectivity index (χ1v) is 8.14. The third-order valence-corrected chi connectivity index (χ3v) is 4.94. The van der Waals surface area contributed by atoms with E-state index in [4.69, 9.17) is 4.74 Å². The normalized spacial score (nSPS) is 20.6. The molecule has 7 nitrogen and oxygen atoms in total. The molecule has 1 saturated heterocycles. The highest BCUT2D eigenvalue weighted by Gasteiger charge is 2.33. The van der Waals surface area contributed by atoms with Crippen molar-refractivity contribution in [3.05, 3.63) is 40.1 Å². The Kier molecular flexibility index (Phi) is 3.64. The Hall–Kier alpha value is -2.61. The lowest BCUT2D eigenvalue weighted by atomic mass is 9.96. The van der Waals surface area contributed by atoms with Gasteiger partial charge in [-0.1, -0.05) is 6.07 Å². The number of carboxylic acid groups (broad SMARTS) is 1. The first-order valence-electron chi connectivity index (χ1n) is 8.14. The van der Waals surface area contributed by atoms with Gasteiger partial charge in [-0.3, -0.25) is 14.0 Å². The highest BCUT2D eigenvalue weighted by atomic mass is 19.1. The van der Waals surface area contributed by atoms with Crippen LogP contribution in [0, 0.1) is 5.82 Å². The van der Waals surface area contributed by atoms with Gasteiger partial charge in [0.2, 0.25) is 0 Å². The summed E-state index contributed by atoms with van der Waals surface area (Å²) < 4.78 is 21.7. The van der Waals surface area contributed by atoms with Gasteiger partial charge in [0.15, 0.2) is 11.6 Å². The van der Waals surface area contributed by atoms with Gasteiger partial charge in [0.1, 0.15) is 18.2 Å². The molecule has 0 saturated carbocycles. The molecule has 2 aromatic heterocycles. The van der Waals surface area contributed by atoms with Gasteiger partial charge in [0, 0.05) is 32.2 Å². The third-order valence-electron chi connectivity index (χ3n) is 4.94. The zero-order valence-corrected chi connectivity index (χ0v) is 13.7. The second-order valence-electron chi connectivity index (χ2n) is 6.49. The molecule has 4 heterocycles. The van der Waals surface area contributed by atoms with Crippen LogP contribution in [-0.2, 0) is 4.79 Å². The largest absolute Gasteiger partial charge is 0.488 e. The summed E-state index contributed by atoms with van der Waals surface area (Å²) in [5.74, 6) is -2.19. The van der Waals surface area contributed by atoms with Crippen LogP contribution in [0.25, 0.3) is 5.52 Å². The fraction of sp³-hybridized carbons (Fsp3) is 0.412. The quantitative estimate of drug-likeness (QED) is 0.864. The molecule has 2 aliphatic rings. The number of anilines is 1. The molecular weight excluding hydrogens is 329 g/mol. The number of likely N-dealkylation sites (N-methyl/N-ethyl adjacent to an activating group) is 1. The highest BCUT2D eigenvalue weighted by Crippen LogP contribution is 2.42. The molecule has 132 valence electrons. The molecule has 0 spiro atoms. The lowest BCUT2D eigenvalue weighted by Gasteiger charge is -2.36. The predicted octanol–water partition coefficient (Wildman–Crippen LogP) is 0.751. The maximum atomic E-state index is 14.8. The summed E-state index contributed by atoms with van der Waals surface area (Å²) in [6.07, 6.45) is 1.13. The number of carboxylic acids is 1. The molecule has 1 atom stereocenters. The Morgan fingerprint density at radius 2 is 2.00 bits per heavy atom. The molecule has 4 rings (SSSR count). The molecule has 0 amide bonds. The molecule has 1 N–H and O–H groups in total. The molecule has 25 heavy (non-hydrogen) atoms. The van der Waals surface area contributed by atoms with Gasteiger partial charge in [-0.2, -0.15) is 0 Å². The topological polar surface area (TPSA) is 74.5 Å². The van der Waals surface area contributed by atoms with Crippen LogP contribution in [0.1, 0.15) is 11.5 Å². The minimum absolute atomic E-state index is 0.0829. The molecule has 0 radical (unpaired) electrons. The molecular formula is C17H18FN3O4. The summed E-state index contributed by atoms with van der Waals surface area (Å²) in [5.41, 5.74) is 0.715. The van der Waals surface area contributed by atoms with Crippen LogP contribution in [0.3, 0.4) is 0 Å². The van der Waals surface area contributed by atoms with E-state index in [1.54, 1.807) is 0 Å². The average Bonchev–Trinajstić information content (AvgIpc) is 2.58. The smallest absolute Gasteiger partial charge is 0.314 e. The number of aromatic nitrogens is 1. The Balaban J connectivity index is 1.96. The SMILES string of the molecule is CN1CCN(c2c(F)cn3c(=O)ccc4c3c2OCC4C(=O)O)CC1. The van der Waals surface area contributed by atoms with E-state index in [0.717, 1.165) is 23.7 Å². The average molecular weight is 347 g/mol. The van der Waals surface area contributed by atoms with Crippen LogP contribution in [0.2, 0.25) is 0 Å². The third kappa shape index (κ3) is 2.44. The molecule has 1 fully saturated rings. The van der Waals surface area contributed by atoms with E-state index in [2.05, 4.69) is 4.90 Å². The van der Waals surface area contributed by atoms with Gasteiger partial charge >= 0.3 is 5.97 Å². The molecule has 2 aromatic rings. The predicted molar refractivity (Wildman–Crippen MR) is 89.2 cm³/mol. The molecule has 0 aromatic carbocycles. The maximum Gasteiger partial charge on any atom is 0.314 e. The van der Waals surface area contributed by atoms with Crippen molar-refractivity contribution in [3.63, 3.8) is 0 Å². The zero-order chi connectivity index (χ0) is 17.7. The second kappa shape index (κ2) is 5.73. The van der Waals surface area contributed by atoms with Gasteiger partial charge in [-0.05, 0) is 12.6 Å². The van der Waals surface area contributed by atoms with E-state index < -0.39 is 23.3 Å². The van der Waals surface area contributed by atoms with E-state index in [0.29, 0.717) is 29.9 Å². The van der Waals surface area contributed by atoms with E-state index in [1.165, 1.54) is 12.1 Å². The zero-order valence-electron chi connectivity index (χ0n) is 13.7. The Labute approximate surface area is 142 Å².